The van der Waals surface area contributed by atoms with Gasteiger partial charge in [0.05, 0.1) is 17.2 Å². The second-order valence-electron chi connectivity index (χ2n) is 6.66. The largest absolute Gasteiger partial charge is 0.391 e. The summed E-state index contributed by atoms with van der Waals surface area (Å²) in [5.41, 5.74) is 0.972. The van der Waals surface area contributed by atoms with Gasteiger partial charge in [0, 0.05) is 18.8 Å². The van der Waals surface area contributed by atoms with E-state index in [9.17, 15) is 5.11 Å². The van der Waals surface area contributed by atoms with Crippen molar-refractivity contribution in [2.45, 2.75) is 31.9 Å². The fourth-order valence-electron chi connectivity index (χ4n) is 4.00. The van der Waals surface area contributed by atoms with Crippen LogP contribution in [0.3, 0.4) is 0 Å². The second kappa shape index (κ2) is 5.76. The third-order valence-corrected chi connectivity index (χ3v) is 5.45. The van der Waals surface area contributed by atoms with E-state index in [1.807, 2.05) is 19.1 Å². The number of nitrogens with zero attached hydrogens (tertiary/aromatic N) is 5. The van der Waals surface area contributed by atoms with Gasteiger partial charge in [-0.25, -0.2) is 14.6 Å². The molecule has 23 heavy (non-hydrogen) atoms. The van der Waals surface area contributed by atoms with E-state index in [1.54, 1.807) is 11.0 Å². The molecular formula is C16H20ClN5O. The molecule has 0 aromatic carbocycles. The first-order chi connectivity index (χ1) is 11.1. The Morgan fingerprint density at radius 2 is 2.00 bits per heavy atom. The highest BCUT2D eigenvalue weighted by atomic mass is 35.5. The smallest absolute Gasteiger partial charge is 0.147 e. The molecule has 1 aliphatic carbocycles. The van der Waals surface area contributed by atoms with Gasteiger partial charge in [-0.2, -0.15) is 5.10 Å². The van der Waals surface area contributed by atoms with Crippen LogP contribution in [0.1, 0.15) is 24.6 Å². The molecule has 2 fully saturated rings. The summed E-state index contributed by atoms with van der Waals surface area (Å²) in [6.45, 7) is 3.81. The Balaban J connectivity index is 1.54. The number of hydrogen-bond acceptors (Lipinski definition) is 5. The molecule has 2 aliphatic rings. The average Bonchev–Trinajstić information content (AvgIpc) is 3.17. The fraction of sp³-hybridized carbons (Fsp3) is 0.562. The van der Waals surface area contributed by atoms with Crippen LogP contribution in [0.25, 0.3) is 0 Å². The summed E-state index contributed by atoms with van der Waals surface area (Å²) in [4.78, 5) is 10.9. The highest BCUT2D eigenvalue weighted by Crippen LogP contribution is 2.42. The number of aromatic nitrogens is 4. The van der Waals surface area contributed by atoms with Crippen molar-refractivity contribution in [3.8, 4) is 0 Å². The molecule has 0 amide bonds. The van der Waals surface area contributed by atoms with Crippen LogP contribution in [0, 0.1) is 18.8 Å². The maximum Gasteiger partial charge on any atom is 0.147 e. The normalized spacial score (nSPS) is 30.5. The Kier molecular flexibility index (Phi) is 3.73. The summed E-state index contributed by atoms with van der Waals surface area (Å²) in [6.07, 6.45) is 4.54. The van der Waals surface area contributed by atoms with E-state index in [2.05, 4.69) is 20.0 Å². The molecule has 0 spiro atoms. The number of aliphatic hydroxyl groups is 1. The number of rotatable bonds is 2. The Labute approximate surface area is 140 Å². The highest BCUT2D eigenvalue weighted by Gasteiger charge is 2.43. The molecule has 1 N–H and O–H groups in total. The monoisotopic (exact) mass is 333 g/mol. The Morgan fingerprint density at radius 3 is 2.74 bits per heavy atom. The molecule has 1 saturated heterocycles. The number of pyridine rings is 1. The number of halogens is 1. The molecule has 4 atom stereocenters. The maximum atomic E-state index is 10.5. The van der Waals surface area contributed by atoms with Crippen LogP contribution in [0.2, 0.25) is 5.02 Å². The van der Waals surface area contributed by atoms with Gasteiger partial charge in [-0.05, 0) is 43.7 Å². The minimum Gasteiger partial charge on any atom is -0.391 e. The molecule has 6 nitrogen and oxygen atoms in total. The molecule has 4 rings (SSSR count). The lowest BCUT2D eigenvalue weighted by Crippen LogP contribution is -2.36. The van der Waals surface area contributed by atoms with Crippen molar-refractivity contribution in [3.05, 3.63) is 35.5 Å². The standard InChI is InChI=1S/C16H20ClN5O/c1-10-2-3-13(17)16(20-10)21-6-11-4-14(22-9-18-8-19-22)15(23)5-12(11)7-21/h2-3,8-9,11-12,14-15,23H,4-7H2,1H3/t11-,12+,14-,15-/m1/s1. The van der Waals surface area contributed by atoms with Gasteiger partial charge in [-0.15, -0.1) is 0 Å². The fourth-order valence-corrected chi connectivity index (χ4v) is 4.23. The van der Waals surface area contributed by atoms with E-state index >= 15 is 0 Å². The van der Waals surface area contributed by atoms with Crippen molar-refractivity contribution in [2.75, 3.05) is 18.0 Å². The third kappa shape index (κ3) is 2.70. The van der Waals surface area contributed by atoms with Crippen molar-refractivity contribution in [1.29, 1.82) is 0 Å². The van der Waals surface area contributed by atoms with Crippen molar-refractivity contribution in [2.24, 2.45) is 11.8 Å². The Hall–Kier alpha value is -1.66. The van der Waals surface area contributed by atoms with Crippen LogP contribution < -0.4 is 4.90 Å². The molecule has 0 unspecified atom stereocenters. The van der Waals surface area contributed by atoms with Crippen molar-refractivity contribution in [1.82, 2.24) is 19.7 Å². The molecule has 0 radical (unpaired) electrons. The lowest BCUT2D eigenvalue weighted by atomic mass is 9.77. The topological polar surface area (TPSA) is 67.1 Å². The van der Waals surface area contributed by atoms with E-state index in [0.717, 1.165) is 37.4 Å². The van der Waals surface area contributed by atoms with Crippen LogP contribution >= 0.6 is 11.6 Å². The van der Waals surface area contributed by atoms with Crippen LogP contribution in [0.4, 0.5) is 5.82 Å². The van der Waals surface area contributed by atoms with Gasteiger partial charge in [0.1, 0.15) is 18.5 Å². The Bertz CT molecular complexity index is 692. The van der Waals surface area contributed by atoms with Crippen LogP contribution in [-0.4, -0.2) is 44.0 Å². The zero-order valence-electron chi connectivity index (χ0n) is 13.0. The molecule has 3 heterocycles. The van der Waals surface area contributed by atoms with Gasteiger partial charge in [0.15, 0.2) is 0 Å². The van der Waals surface area contributed by atoms with Crippen LogP contribution in [0.15, 0.2) is 24.8 Å². The minimum absolute atomic E-state index is 0.0136. The summed E-state index contributed by atoms with van der Waals surface area (Å²) < 4.78 is 1.79. The zero-order chi connectivity index (χ0) is 16.0. The van der Waals surface area contributed by atoms with E-state index in [0.29, 0.717) is 16.9 Å². The number of aliphatic hydroxyl groups excluding tert-OH is 1. The number of hydrogen-bond donors (Lipinski definition) is 1. The van der Waals surface area contributed by atoms with Gasteiger partial charge >= 0.3 is 0 Å². The lowest BCUT2D eigenvalue weighted by Gasteiger charge is -2.34. The summed E-state index contributed by atoms with van der Waals surface area (Å²) in [7, 11) is 0. The van der Waals surface area contributed by atoms with Gasteiger partial charge < -0.3 is 10.0 Å². The summed E-state index contributed by atoms with van der Waals surface area (Å²) in [5, 5.41) is 15.4. The molecule has 1 aliphatic heterocycles. The highest BCUT2D eigenvalue weighted by molar-refractivity contribution is 6.32. The number of aryl methyl sites for hydroxylation is 1. The molecule has 0 bridgehead atoms. The average molecular weight is 334 g/mol. The first-order valence-electron chi connectivity index (χ1n) is 8.02. The number of fused-ring (bicyclic) bond motifs is 1. The first-order valence-corrected chi connectivity index (χ1v) is 8.40. The molecule has 1 saturated carbocycles. The van der Waals surface area contributed by atoms with Gasteiger partial charge in [0.2, 0.25) is 0 Å². The first kappa shape index (κ1) is 14.9. The van der Waals surface area contributed by atoms with Gasteiger partial charge in [0.25, 0.3) is 0 Å². The molecule has 122 valence electrons. The van der Waals surface area contributed by atoms with Crippen molar-refractivity contribution < 1.29 is 5.11 Å². The quantitative estimate of drug-likeness (QED) is 0.911. The molecular weight excluding hydrogens is 314 g/mol. The van der Waals surface area contributed by atoms with Crippen LogP contribution in [0.5, 0.6) is 0 Å². The molecule has 2 aromatic rings. The van der Waals surface area contributed by atoms with Crippen molar-refractivity contribution >= 4 is 17.4 Å². The summed E-state index contributed by atoms with van der Waals surface area (Å²) >= 11 is 6.34. The van der Waals surface area contributed by atoms with Gasteiger partial charge in [-0.1, -0.05) is 11.6 Å². The molecule has 2 aromatic heterocycles. The number of anilines is 1. The predicted octanol–water partition coefficient (Wildman–Crippen LogP) is 2.08. The molecule has 7 heteroatoms. The van der Waals surface area contributed by atoms with E-state index in [-0.39, 0.29) is 12.1 Å². The van der Waals surface area contributed by atoms with E-state index in [1.165, 1.54) is 6.33 Å². The predicted molar refractivity (Wildman–Crippen MR) is 87.5 cm³/mol. The maximum absolute atomic E-state index is 10.5. The zero-order valence-corrected chi connectivity index (χ0v) is 13.8. The SMILES string of the molecule is Cc1ccc(Cl)c(N2C[C@H]3C[C@@H](n4cncn4)[C@H](O)C[C@H]3C2)n1. The van der Waals surface area contributed by atoms with Crippen LogP contribution in [-0.2, 0) is 0 Å². The minimum atomic E-state index is -0.376. The third-order valence-electron chi connectivity index (χ3n) is 5.15. The summed E-state index contributed by atoms with van der Waals surface area (Å²) in [5.74, 6) is 1.86. The van der Waals surface area contributed by atoms with E-state index < -0.39 is 0 Å². The van der Waals surface area contributed by atoms with Crippen molar-refractivity contribution in [3.63, 3.8) is 0 Å². The second-order valence-corrected chi connectivity index (χ2v) is 7.07. The lowest BCUT2D eigenvalue weighted by molar-refractivity contribution is 0.0305. The Morgan fingerprint density at radius 1 is 1.22 bits per heavy atom. The van der Waals surface area contributed by atoms with E-state index in [4.69, 9.17) is 11.6 Å². The van der Waals surface area contributed by atoms with Gasteiger partial charge in [-0.3, -0.25) is 0 Å². The summed E-state index contributed by atoms with van der Waals surface area (Å²) in [6, 6.07) is 3.85.